The molecule has 1 unspecified atom stereocenters. The molecule has 0 amide bonds. The molecule has 143 heavy (non-hydrogen) atoms. The van der Waals surface area contributed by atoms with Crippen molar-refractivity contribution in [1.29, 1.82) is 0 Å². The number of carboxylic acid groups (broad SMARTS) is 2. The number of aliphatic hydroxyl groups excluding tert-OH is 9. The van der Waals surface area contributed by atoms with E-state index in [1.54, 1.807) is 55.6 Å². The number of nitrogens with zero attached hydrogens (tertiary/aromatic N) is 1. The lowest BCUT2D eigenvalue weighted by atomic mass is 9.84. The fourth-order valence-corrected chi connectivity index (χ4v) is 5.77. The molecule has 0 radical (unpaired) electrons. The van der Waals surface area contributed by atoms with Gasteiger partial charge in [0, 0.05) is 58.7 Å². The minimum Gasteiger partial charge on any atom is -0.481 e. The second kappa shape index (κ2) is 119. The zero-order valence-corrected chi connectivity index (χ0v) is 106. The van der Waals surface area contributed by atoms with Crippen LogP contribution in [-0.2, 0) is 42.9 Å². The number of ether oxygens (including phenoxy) is 4. The minimum atomic E-state index is -2.46. The highest BCUT2D eigenvalue weighted by molar-refractivity contribution is 5.71. The minimum absolute atomic E-state index is 0.00463. The van der Waals surface area contributed by atoms with Gasteiger partial charge in [-0.1, -0.05) is 380 Å². The topological polar surface area (TPSA) is 421 Å². The van der Waals surface area contributed by atoms with E-state index in [1.165, 1.54) is 41.4 Å². The Kier molecular flexibility index (Phi) is 156. The van der Waals surface area contributed by atoms with Crippen LogP contribution in [0.5, 0.6) is 0 Å². The number of hydrogen-bond acceptors (Lipinski definition) is 23. The van der Waals surface area contributed by atoms with Crippen molar-refractivity contribution < 1.29 is 123 Å². The average Bonchev–Trinajstić information content (AvgIpc) is 0.940. The third-order valence-corrected chi connectivity index (χ3v) is 22.5. The van der Waals surface area contributed by atoms with Crippen molar-refractivity contribution in [1.82, 2.24) is 10.2 Å². The molecule has 0 aliphatic rings. The summed E-state index contributed by atoms with van der Waals surface area (Å²) in [6, 6.07) is 0. The van der Waals surface area contributed by atoms with Crippen molar-refractivity contribution in [2.75, 3.05) is 108 Å². The van der Waals surface area contributed by atoms with Gasteiger partial charge in [0.25, 0.3) is 0 Å². The zero-order chi connectivity index (χ0) is 120. The normalized spacial score (nSPS) is 12.5. The Balaban J connectivity index is -0.0000000620. The second-order valence-electron chi connectivity index (χ2n) is 46.5. The average molecular weight is 2090 g/mol. The Morgan fingerprint density at radius 1 is 0.371 bits per heavy atom. The van der Waals surface area contributed by atoms with Gasteiger partial charge in [-0.2, -0.15) is 0 Å². The van der Waals surface area contributed by atoms with Gasteiger partial charge in [0.2, 0.25) is 5.92 Å². The first kappa shape index (κ1) is 187. The lowest BCUT2D eigenvalue weighted by Gasteiger charge is -2.27. The van der Waals surface area contributed by atoms with Crippen molar-refractivity contribution in [3.05, 3.63) is 0 Å². The predicted octanol–water partition coefficient (Wildman–Crippen LogP) is 25.8. The number of halogens is 2. The summed E-state index contributed by atoms with van der Waals surface area (Å²) >= 11 is 0. The number of esters is 3. The van der Waals surface area contributed by atoms with Gasteiger partial charge in [0.1, 0.15) is 5.60 Å². The Bertz CT molecular complexity index is 2370. The molecule has 0 spiro atoms. The molecule has 0 aromatic rings. The summed E-state index contributed by atoms with van der Waals surface area (Å²) in [5.74, 6) is 4.40. The summed E-state index contributed by atoms with van der Waals surface area (Å²) in [5, 5.41) is 124. The summed E-state index contributed by atoms with van der Waals surface area (Å²) in [7, 11) is 10.4. The number of aliphatic carboxylic acids is 2. The molecular weight excluding hydrogens is 1830 g/mol. The highest BCUT2D eigenvalue weighted by atomic mass is 19.3. The Morgan fingerprint density at radius 3 is 0.699 bits per heavy atom. The van der Waals surface area contributed by atoms with Crippen LogP contribution in [0.15, 0.2) is 0 Å². The molecule has 15 N–H and O–H groups in total. The van der Waals surface area contributed by atoms with Crippen LogP contribution in [0.4, 0.5) is 8.78 Å². The maximum absolute atomic E-state index is 12.3. The van der Waals surface area contributed by atoms with E-state index in [0.717, 1.165) is 80.9 Å². The summed E-state index contributed by atoms with van der Waals surface area (Å²) in [6.45, 7) is 116. The lowest BCUT2D eigenvalue weighted by Crippen LogP contribution is -2.42. The second-order valence-corrected chi connectivity index (χ2v) is 46.5. The number of rotatable bonds is 35. The number of carboxylic acids is 2. The highest BCUT2D eigenvalue weighted by Crippen LogP contribution is 2.28. The number of likely N-dealkylation sites (N-methyl/N-ethyl adjacent to an activating group) is 1. The van der Waals surface area contributed by atoms with Crippen LogP contribution >= 0.6 is 0 Å². The molecule has 0 aliphatic carbocycles. The molecule has 0 aliphatic heterocycles. The molecule has 25 nitrogen and oxygen atoms in total. The number of carbonyl (C=O) groups is 5. The van der Waals surface area contributed by atoms with E-state index in [4.69, 9.17) is 55.8 Å². The molecule has 0 fully saturated rings. The monoisotopic (exact) mass is 2090 g/mol. The molecule has 0 saturated heterocycles. The molecule has 0 heterocycles. The SMILES string of the molecule is CC(C)C(=O)O.CC(C)C(C)(C)C.CC(C)C(C)(C)C.CC(C)C(C)C.CC(C)C(O)(CO)CO.CC(C)CC(=O)O.CC(C)CCO.CC(C)[C@@H](O)CO.CC(C)[C@H](O)CN(C)C.CC(C)[C@H](O)CO.CCC(C)C.CCC(CO)C(C)C.CCC(F)(F)C(C)C.CCOC(=O)C(C)C.CC[C@@](C)(O)C(C)C.CC[C@](C)(O)C(C)C.CNCC(C)C.COC(=O)C(C)C.COC(=O)CC(C)C.COCC(C)C. The molecule has 27 heteroatoms. The van der Waals surface area contributed by atoms with E-state index < -0.39 is 52.8 Å². The van der Waals surface area contributed by atoms with Crippen molar-refractivity contribution >= 4 is 29.8 Å². The van der Waals surface area contributed by atoms with E-state index in [0.29, 0.717) is 84.4 Å². The van der Waals surface area contributed by atoms with Gasteiger partial charge in [0.15, 0.2) is 0 Å². The number of nitrogens with one attached hydrogen (secondary N) is 1. The fourth-order valence-electron chi connectivity index (χ4n) is 5.77. The first-order valence-corrected chi connectivity index (χ1v) is 53.9. The maximum atomic E-state index is 12.3. The number of methoxy groups -OCH3 is 3. The van der Waals surface area contributed by atoms with Gasteiger partial charge >= 0.3 is 29.8 Å². The molecule has 0 saturated carbocycles. The van der Waals surface area contributed by atoms with Crippen molar-refractivity contribution in [2.24, 2.45) is 141 Å². The van der Waals surface area contributed by atoms with Gasteiger partial charge < -0.3 is 101 Å². The third-order valence-electron chi connectivity index (χ3n) is 22.5. The summed E-state index contributed by atoms with van der Waals surface area (Å²) in [6.07, 6.45) is 4.49. The van der Waals surface area contributed by atoms with Crippen LogP contribution < -0.4 is 5.32 Å². The van der Waals surface area contributed by atoms with Gasteiger partial charge in [-0.15, -0.1) is 0 Å². The number of alkyl halides is 2. The number of carbonyl (C=O) groups excluding carboxylic acids is 3. The van der Waals surface area contributed by atoms with Crippen molar-refractivity contribution in [3.8, 4) is 0 Å². The largest absolute Gasteiger partial charge is 0.481 e. The van der Waals surface area contributed by atoms with Crippen LogP contribution in [0, 0.1) is 141 Å². The van der Waals surface area contributed by atoms with E-state index in [9.17, 15) is 53.2 Å². The van der Waals surface area contributed by atoms with Crippen LogP contribution in [0.1, 0.15) is 439 Å². The molecule has 0 rings (SSSR count). The van der Waals surface area contributed by atoms with E-state index >= 15 is 0 Å². The van der Waals surface area contributed by atoms with E-state index in [1.807, 2.05) is 165 Å². The van der Waals surface area contributed by atoms with E-state index in [-0.39, 0.29) is 105 Å². The first-order valence-electron chi connectivity index (χ1n) is 53.9. The zero-order valence-electron chi connectivity index (χ0n) is 106. The van der Waals surface area contributed by atoms with Crippen LogP contribution in [0.2, 0.25) is 0 Å². The van der Waals surface area contributed by atoms with Crippen LogP contribution in [-0.4, -0.2) is 256 Å². The fraction of sp³-hybridized carbons (Fsp3) is 0.957. The van der Waals surface area contributed by atoms with Gasteiger partial charge in [-0.25, -0.2) is 8.78 Å². The van der Waals surface area contributed by atoms with Crippen LogP contribution in [0.25, 0.3) is 0 Å². The summed E-state index contributed by atoms with van der Waals surface area (Å²) in [4.78, 5) is 52.7. The van der Waals surface area contributed by atoms with Gasteiger partial charge in [-0.05, 0) is 185 Å². The summed E-state index contributed by atoms with van der Waals surface area (Å²) < 4.78 is 42.8. The lowest BCUT2D eigenvalue weighted by molar-refractivity contribution is -0.147. The Hall–Kier alpha value is -3.39. The third kappa shape index (κ3) is 187. The smallest absolute Gasteiger partial charge is 0.308 e. The molecule has 0 bridgehead atoms. The molecular formula is C116H262F2N2O23. The Labute approximate surface area is 888 Å². The standard InChI is InChI=1S/C7H17NO.3C7H16O.2C7H16.C6H12F2.C6H14O3.2C6H12O2.C6H14.C5H13N.C5H10O2.2C5H12O2.C5H10O2.2C5H12O.C5H12.C4H8O2/c1-6(2)7(9)5-8(3)4;2*1-5-7(4,8)6(2)3;1-4-7(5-8)6(2)3;2*1-6(2)7(3,4)5;1-4-6(7,8)5(2)3;1-5(2)6(9,3-7)4-8;1-5(2)4-6(7)8-3;1-4-8-6(7)5(2)3;1-5(2)6(3)4;1-5(2)4-6-3;1-4(2)5(6)7-3;2*1-4(2)5(7)3-6;1-4(2)3-5(6)7;1-5(2)4-6-3;1-5(2)3-4-6;1-4-5(2)3;1-3(2)4(5)6/h6-7,9H,5H2,1-4H3;2*6,8H,5H2,1-4H3;6-8H,4-5H2,1-3H3;2*6H,1-5H3;5H,4H2,1-3H3;5,7-9H,3-4H2,1-2H3;2*5H,4H2,1-3H3;5-6H,1-4H3;5-6H,4H2,1-3H3;4H,1-3H3;2*4-7H,3H2,1-2H3;4H,3H2,1-2H3,(H,6,7);5H,4H2,1-3H3;5-6H,3-4H2,1-2H3;5H,4H2,1-3H3;3H,1-2H3,(H,5,6)/t3*7-;;;;;;;;;;;2*5-;;;;;/m110..........10...../s1. The summed E-state index contributed by atoms with van der Waals surface area (Å²) in [5.41, 5.74) is -1.22. The van der Waals surface area contributed by atoms with E-state index in [2.05, 4.69) is 200 Å². The molecule has 0 aromatic heterocycles. The van der Waals surface area contributed by atoms with Crippen LogP contribution in [0.3, 0.4) is 0 Å². The number of aliphatic hydroxyl groups is 12. The molecule has 6 atom stereocenters. The molecule has 888 valence electrons. The van der Waals surface area contributed by atoms with Crippen molar-refractivity contribution in [3.63, 3.8) is 0 Å². The number of hydrogen-bond donors (Lipinski definition) is 15. The molecule has 0 aromatic carbocycles. The quantitative estimate of drug-likeness (QED) is 0.0207. The van der Waals surface area contributed by atoms with Crippen molar-refractivity contribution in [2.45, 2.75) is 480 Å². The van der Waals surface area contributed by atoms with Gasteiger partial charge in [0.05, 0.1) is 94.5 Å². The van der Waals surface area contributed by atoms with Gasteiger partial charge in [-0.3, -0.25) is 24.0 Å². The maximum Gasteiger partial charge on any atom is 0.308 e. The highest BCUT2D eigenvalue weighted by Gasteiger charge is 2.31. The first-order chi connectivity index (χ1) is 64.1. The predicted molar refractivity (Wildman–Crippen MR) is 611 cm³/mol. The Morgan fingerprint density at radius 2 is 0.678 bits per heavy atom.